The first-order valence-electron chi connectivity index (χ1n) is 4.61. The molecule has 2 aromatic rings. The van der Waals surface area contributed by atoms with Gasteiger partial charge in [0.2, 0.25) is 0 Å². The second kappa shape index (κ2) is 3.98. The molecule has 80 valence electrons. The van der Waals surface area contributed by atoms with Crippen molar-refractivity contribution in [3.05, 3.63) is 32.1 Å². The molecule has 0 aliphatic rings. The third kappa shape index (κ3) is 1.94. The summed E-state index contributed by atoms with van der Waals surface area (Å²) in [7, 11) is 0. The van der Waals surface area contributed by atoms with Crippen LogP contribution in [0.25, 0.3) is 0 Å². The second-order valence-electron chi connectivity index (χ2n) is 3.47. The largest absolute Gasteiger partial charge is 0.383 e. The molecule has 0 spiro atoms. The fourth-order valence-corrected chi connectivity index (χ4v) is 2.57. The Kier molecular flexibility index (Phi) is 2.84. The summed E-state index contributed by atoms with van der Waals surface area (Å²) in [6.45, 7) is 4.80. The number of nitrogens with zero attached hydrogens (tertiary/aromatic N) is 2. The molecule has 0 saturated carbocycles. The summed E-state index contributed by atoms with van der Waals surface area (Å²) < 4.78 is 2.73. The molecule has 0 aliphatic carbocycles. The van der Waals surface area contributed by atoms with Crippen LogP contribution in [0, 0.1) is 13.8 Å². The minimum atomic E-state index is 0.695. The number of aryl methyl sites for hydroxylation is 2. The van der Waals surface area contributed by atoms with Gasteiger partial charge in [-0.05, 0) is 46.8 Å². The topological polar surface area (TPSA) is 43.8 Å². The highest BCUT2D eigenvalue weighted by atomic mass is 79.9. The SMILES string of the molecule is Cc1ccsc1Cn1nc(C)c(Br)c1N. The zero-order chi connectivity index (χ0) is 11.0. The van der Waals surface area contributed by atoms with Crippen LogP contribution in [0.3, 0.4) is 0 Å². The molecular weight excluding hydrogens is 274 g/mol. The molecule has 0 amide bonds. The van der Waals surface area contributed by atoms with Gasteiger partial charge in [0.15, 0.2) is 0 Å². The highest BCUT2D eigenvalue weighted by molar-refractivity contribution is 9.10. The smallest absolute Gasteiger partial charge is 0.136 e. The summed E-state index contributed by atoms with van der Waals surface area (Å²) in [5.74, 6) is 0.695. The van der Waals surface area contributed by atoms with Gasteiger partial charge >= 0.3 is 0 Å². The number of nitrogen functional groups attached to an aromatic ring is 1. The molecule has 0 aliphatic heterocycles. The van der Waals surface area contributed by atoms with E-state index in [2.05, 4.69) is 39.4 Å². The lowest BCUT2D eigenvalue weighted by atomic mass is 10.3. The molecule has 0 saturated heterocycles. The Morgan fingerprint density at radius 2 is 2.27 bits per heavy atom. The Balaban J connectivity index is 2.33. The molecule has 0 aromatic carbocycles. The number of hydrogen-bond acceptors (Lipinski definition) is 3. The van der Waals surface area contributed by atoms with Crippen LogP contribution < -0.4 is 5.73 Å². The zero-order valence-electron chi connectivity index (χ0n) is 8.62. The molecule has 15 heavy (non-hydrogen) atoms. The lowest BCUT2D eigenvalue weighted by molar-refractivity contribution is 0.694. The number of rotatable bonds is 2. The molecule has 2 rings (SSSR count). The summed E-state index contributed by atoms with van der Waals surface area (Å²) in [5, 5.41) is 6.47. The fraction of sp³-hybridized carbons (Fsp3) is 0.300. The fourth-order valence-electron chi connectivity index (χ4n) is 1.40. The zero-order valence-corrected chi connectivity index (χ0v) is 11.0. The number of nitrogens with two attached hydrogens (primary N) is 1. The molecule has 0 fully saturated rings. The molecule has 2 heterocycles. The summed E-state index contributed by atoms with van der Waals surface area (Å²) in [5.41, 5.74) is 8.16. The molecule has 0 bridgehead atoms. The van der Waals surface area contributed by atoms with Gasteiger partial charge in [-0.1, -0.05) is 0 Å². The number of halogens is 1. The predicted octanol–water partition coefficient (Wildman–Crippen LogP) is 2.95. The molecule has 2 N–H and O–H groups in total. The molecule has 3 nitrogen and oxygen atoms in total. The maximum Gasteiger partial charge on any atom is 0.136 e. The maximum atomic E-state index is 5.93. The lowest BCUT2D eigenvalue weighted by Crippen LogP contribution is -2.05. The normalized spacial score (nSPS) is 10.9. The van der Waals surface area contributed by atoms with Gasteiger partial charge in [-0.2, -0.15) is 5.10 Å². The van der Waals surface area contributed by atoms with Crippen LogP contribution in [0.15, 0.2) is 15.9 Å². The van der Waals surface area contributed by atoms with Crippen LogP contribution in [-0.2, 0) is 6.54 Å². The second-order valence-corrected chi connectivity index (χ2v) is 5.26. The molecule has 0 unspecified atom stereocenters. The van der Waals surface area contributed by atoms with Crippen LogP contribution in [0.5, 0.6) is 0 Å². The highest BCUT2D eigenvalue weighted by Gasteiger charge is 2.11. The van der Waals surface area contributed by atoms with Crippen molar-refractivity contribution in [1.29, 1.82) is 0 Å². The number of hydrogen-bond donors (Lipinski definition) is 1. The Labute approximate surface area is 101 Å². The monoisotopic (exact) mass is 285 g/mol. The van der Waals surface area contributed by atoms with Crippen LogP contribution in [0.1, 0.15) is 16.1 Å². The van der Waals surface area contributed by atoms with E-state index in [0.717, 1.165) is 16.7 Å². The average molecular weight is 286 g/mol. The van der Waals surface area contributed by atoms with E-state index in [1.54, 1.807) is 11.3 Å². The molecule has 0 radical (unpaired) electrons. The van der Waals surface area contributed by atoms with Gasteiger partial charge in [0, 0.05) is 4.88 Å². The Morgan fingerprint density at radius 1 is 1.53 bits per heavy atom. The van der Waals surface area contributed by atoms with E-state index in [1.807, 2.05) is 11.6 Å². The van der Waals surface area contributed by atoms with Gasteiger partial charge in [0.05, 0.1) is 16.7 Å². The van der Waals surface area contributed by atoms with Crippen LogP contribution in [0.4, 0.5) is 5.82 Å². The first-order valence-corrected chi connectivity index (χ1v) is 6.28. The van der Waals surface area contributed by atoms with Crippen molar-refractivity contribution in [3.63, 3.8) is 0 Å². The van der Waals surface area contributed by atoms with Gasteiger partial charge < -0.3 is 5.73 Å². The van der Waals surface area contributed by atoms with E-state index in [4.69, 9.17) is 5.73 Å². The number of aromatic nitrogens is 2. The van der Waals surface area contributed by atoms with Gasteiger partial charge in [0.1, 0.15) is 5.82 Å². The van der Waals surface area contributed by atoms with Crippen molar-refractivity contribution in [2.75, 3.05) is 5.73 Å². The van der Waals surface area contributed by atoms with E-state index < -0.39 is 0 Å². The molecule has 2 aromatic heterocycles. The first kappa shape index (κ1) is 10.7. The van der Waals surface area contributed by atoms with Gasteiger partial charge in [-0.15, -0.1) is 11.3 Å². The lowest BCUT2D eigenvalue weighted by Gasteiger charge is -2.02. The van der Waals surface area contributed by atoms with Crippen molar-refractivity contribution < 1.29 is 0 Å². The molecule has 0 atom stereocenters. The first-order chi connectivity index (χ1) is 7.09. The summed E-state index contributed by atoms with van der Waals surface area (Å²) in [6, 6.07) is 2.11. The number of anilines is 1. The standard InChI is InChI=1S/C10H12BrN3S/c1-6-3-4-15-8(6)5-14-10(12)9(11)7(2)13-14/h3-4H,5,12H2,1-2H3. The van der Waals surface area contributed by atoms with E-state index >= 15 is 0 Å². The maximum absolute atomic E-state index is 5.93. The van der Waals surface area contributed by atoms with Gasteiger partial charge in [-0.25, -0.2) is 4.68 Å². The third-order valence-corrected chi connectivity index (χ3v) is 4.34. The van der Waals surface area contributed by atoms with Crippen LogP contribution >= 0.6 is 27.3 Å². The Morgan fingerprint density at radius 3 is 2.73 bits per heavy atom. The molecule has 5 heteroatoms. The quantitative estimate of drug-likeness (QED) is 0.922. The van der Waals surface area contributed by atoms with Gasteiger partial charge in [-0.3, -0.25) is 0 Å². The van der Waals surface area contributed by atoms with E-state index in [1.165, 1.54) is 10.4 Å². The van der Waals surface area contributed by atoms with Crippen molar-refractivity contribution in [1.82, 2.24) is 9.78 Å². The minimum absolute atomic E-state index is 0.695. The average Bonchev–Trinajstić information content (AvgIpc) is 2.69. The Hall–Kier alpha value is -0.810. The summed E-state index contributed by atoms with van der Waals surface area (Å²) in [4.78, 5) is 1.30. The third-order valence-electron chi connectivity index (χ3n) is 2.35. The highest BCUT2D eigenvalue weighted by Crippen LogP contribution is 2.25. The van der Waals surface area contributed by atoms with Crippen LogP contribution in [0.2, 0.25) is 0 Å². The van der Waals surface area contributed by atoms with Crippen molar-refractivity contribution >= 4 is 33.1 Å². The van der Waals surface area contributed by atoms with Crippen molar-refractivity contribution in [3.8, 4) is 0 Å². The van der Waals surface area contributed by atoms with Gasteiger partial charge in [0.25, 0.3) is 0 Å². The molecular formula is C10H12BrN3S. The predicted molar refractivity (Wildman–Crippen MR) is 67.2 cm³/mol. The van der Waals surface area contributed by atoms with Crippen molar-refractivity contribution in [2.24, 2.45) is 0 Å². The van der Waals surface area contributed by atoms with E-state index in [9.17, 15) is 0 Å². The minimum Gasteiger partial charge on any atom is -0.383 e. The van der Waals surface area contributed by atoms with E-state index in [-0.39, 0.29) is 0 Å². The van der Waals surface area contributed by atoms with E-state index in [0.29, 0.717) is 5.82 Å². The van der Waals surface area contributed by atoms with Crippen molar-refractivity contribution in [2.45, 2.75) is 20.4 Å². The Bertz CT molecular complexity index is 487. The van der Waals surface area contributed by atoms with Crippen LogP contribution in [-0.4, -0.2) is 9.78 Å². The summed E-state index contributed by atoms with van der Waals surface area (Å²) >= 11 is 5.15. The number of thiophene rings is 1. The summed E-state index contributed by atoms with van der Waals surface area (Å²) in [6.07, 6.45) is 0.